The van der Waals surface area contributed by atoms with Gasteiger partial charge in [-0.2, -0.15) is 4.68 Å². The van der Waals surface area contributed by atoms with Crippen molar-refractivity contribution in [3.63, 3.8) is 0 Å². The van der Waals surface area contributed by atoms with E-state index in [0.29, 0.717) is 5.69 Å². The van der Waals surface area contributed by atoms with Gasteiger partial charge in [0.15, 0.2) is 0 Å². The van der Waals surface area contributed by atoms with E-state index in [1.54, 1.807) is 0 Å². The van der Waals surface area contributed by atoms with Crippen LogP contribution in [0.4, 0.5) is 16.0 Å². The maximum absolute atomic E-state index is 12.9. The van der Waals surface area contributed by atoms with Crippen molar-refractivity contribution in [2.24, 2.45) is 0 Å². The molecular formula is C10H8FN5O3. The van der Waals surface area contributed by atoms with E-state index < -0.39 is 22.6 Å². The molecule has 0 fully saturated rings. The minimum absolute atomic E-state index is 0.253. The summed E-state index contributed by atoms with van der Waals surface area (Å²) in [7, 11) is 0. The van der Waals surface area contributed by atoms with Crippen LogP contribution in [0.3, 0.4) is 0 Å². The Kier molecular flexibility index (Phi) is 3.46. The second-order valence-electron chi connectivity index (χ2n) is 3.56. The Morgan fingerprint density at radius 2 is 2.32 bits per heavy atom. The first-order chi connectivity index (χ1) is 9.04. The predicted molar refractivity (Wildman–Crippen MR) is 61.7 cm³/mol. The molecule has 0 spiro atoms. The molecule has 0 aliphatic rings. The van der Waals surface area contributed by atoms with E-state index in [2.05, 4.69) is 15.4 Å². The van der Waals surface area contributed by atoms with Gasteiger partial charge in [-0.25, -0.2) is 4.39 Å². The number of benzene rings is 1. The molecule has 1 N–H and O–H groups in total. The Labute approximate surface area is 106 Å². The first-order valence-corrected chi connectivity index (χ1v) is 5.14. The zero-order chi connectivity index (χ0) is 13.8. The molecule has 0 atom stereocenters. The summed E-state index contributed by atoms with van der Waals surface area (Å²) in [5, 5.41) is 16.3. The van der Waals surface area contributed by atoms with Crippen LogP contribution in [0.1, 0.15) is 0 Å². The number of anilines is 1. The molecule has 9 heteroatoms. The van der Waals surface area contributed by atoms with Crippen LogP contribution in [0.15, 0.2) is 30.6 Å². The minimum atomic E-state index is -0.763. The lowest BCUT2D eigenvalue weighted by molar-refractivity contribution is -0.394. The van der Waals surface area contributed by atoms with E-state index in [1.165, 1.54) is 18.2 Å². The number of carbonyl (C=O) groups excluding carboxylic acids is 1. The van der Waals surface area contributed by atoms with E-state index >= 15 is 0 Å². The van der Waals surface area contributed by atoms with Gasteiger partial charge in [-0.3, -0.25) is 4.79 Å². The zero-order valence-corrected chi connectivity index (χ0v) is 9.49. The summed E-state index contributed by atoms with van der Waals surface area (Å²) in [6.45, 7) is -0.253. The molecule has 1 amide bonds. The summed E-state index contributed by atoms with van der Waals surface area (Å²) >= 11 is 0. The Morgan fingerprint density at radius 1 is 1.53 bits per heavy atom. The molecule has 1 aromatic carbocycles. The molecule has 1 aromatic heterocycles. The van der Waals surface area contributed by atoms with E-state index in [-0.39, 0.29) is 6.54 Å². The lowest BCUT2D eigenvalue weighted by Crippen LogP contribution is -2.19. The number of carbonyl (C=O) groups is 1. The SMILES string of the molecule is O=C(Cn1cnc([N+](=O)[O-])n1)Nc1cccc(F)c1. The average Bonchev–Trinajstić information content (AvgIpc) is 2.77. The molecule has 8 nitrogen and oxygen atoms in total. The highest BCUT2D eigenvalue weighted by atomic mass is 19.1. The number of amides is 1. The van der Waals surface area contributed by atoms with E-state index in [4.69, 9.17) is 0 Å². The van der Waals surface area contributed by atoms with Crippen molar-refractivity contribution < 1.29 is 14.1 Å². The molecule has 2 rings (SSSR count). The van der Waals surface area contributed by atoms with Gasteiger partial charge >= 0.3 is 5.95 Å². The summed E-state index contributed by atoms with van der Waals surface area (Å²) in [6.07, 6.45) is 1.07. The third-order valence-electron chi connectivity index (χ3n) is 2.10. The normalized spacial score (nSPS) is 10.2. The van der Waals surface area contributed by atoms with Crippen molar-refractivity contribution in [2.75, 3.05) is 5.32 Å². The average molecular weight is 265 g/mol. The molecule has 0 radical (unpaired) electrons. The van der Waals surface area contributed by atoms with Crippen LogP contribution in [0.2, 0.25) is 0 Å². The van der Waals surface area contributed by atoms with E-state index in [9.17, 15) is 19.3 Å². The maximum atomic E-state index is 12.9. The van der Waals surface area contributed by atoms with Crippen LogP contribution in [-0.2, 0) is 11.3 Å². The fourth-order valence-corrected chi connectivity index (χ4v) is 1.36. The van der Waals surface area contributed by atoms with Crippen LogP contribution in [0.5, 0.6) is 0 Å². The molecule has 0 unspecified atom stereocenters. The fraction of sp³-hybridized carbons (Fsp3) is 0.100. The summed E-state index contributed by atoms with van der Waals surface area (Å²) in [5.74, 6) is -1.56. The van der Waals surface area contributed by atoms with Crippen molar-refractivity contribution >= 4 is 17.5 Å². The van der Waals surface area contributed by atoms with E-state index in [1.807, 2.05) is 0 Å². The van der Waals surface area contributed by atoms with Gasteiger partial charge in [0.2, 0.25) is 12.2 Å². The quantitative estimate of drug-likeness (QED) is 0.655. The highest BCUT2D eigenvalue weighted by Gasteiger charge is 2.15. The summed E-state index contributed by atoms with van der Waals surface area (Å²) in [6, 6.07) is 5.37. The van der Waals surface area contributed by atoms with Gasteiger partial charge in [0.05, 0.1) is 0 Å². The first-order valence-electron chi connectivity index (χ1n) is 5.14. The van der Waals surface area contributed by atoms with Crippen LogP contribution in [0.25, 0.3) is 0 Å². The van der Waals surface area contributed by atoms with E-state index in [0.717, 1.165) is 17.1 Å². The largest absolute Gasteiger partial charge is 0.490 e. The Balaban J connectivity index is 1.99. The van der Waals surface area contributed by atoms with Crippen LogP contribution in [-0.4, -0.2) is 25.6 Å². The maximum Gasteiger partial charge on any atom is 0.490 e. The number of nitrogens with one attached hydrogen (secondary N) is 1. The summed E-state index contributed by atoms with van der Waals surface area (Å²) in [4.78, 5) is 24.6. The predicted octanol–water partition coefficient (Wildman–Crippen LogP) is 0.964. The molecule has 98 valence electrons. The van der Waals surface area contributed by atoms with Gasteiger partial charge in [0.25, 0.3) is 0 Å². The molecule has 0 aliphatic heterocycles. The number of nitro groups is 1. The molecule has 0 bridgehead atoms. The lowest BCUT2D eigenvalue weighted by Gasteiger charge is -2.03. The summed E-state index contributed by atoms with van der Waals surface area (Å²) in [5.41, 5.74) is 0.291. The smallest absolute Gasteiger partial charge is 0.390 e. The van der Waals surface area contributed by atoms with Gasteiger partial charge < -0.3 is 15.4 Å². The molecule has 19 heavy (non-hydrogen) atoms. The second-order valence-corrected chi connectivity index (χ2v) is 3.56. The molecule has 1 heterocycles. The van der Waals surface area contributed by atoms with Crippen molar-refractivity contribution in [3.8, 4) is 0 Å². The topological polar surface area (TPSA) is 103 Å². The second kappa shape index (κ2) is 5.21. The standard InChI is InChI=1S/C10H8FN5O3/c11-7-2-1-3-8(4-7)13-9(17)5-15-6-12-10(14-15)16(18)19/h1-4,6H,5H2,(H,13,17). The molecule has 0 saturated heterocycles. The highest BCUT2D eigenvalue weighted by molar-refractivity contribution is 5.90. The zero-order valence-electron chi connectivity index (χ0n) is 9.49. The van der Waals surface area contributed by atoms with Crippen molar-refractivity contribution in [3.05, 3.63) is 46.5 Å². The summed E-state index contributed by atoms with van der Waals surface area (Å²) < 4.78 is 13.9. The molecular weight excluding hydrogens is 257 g/mol. The molecule has 0 aliphatic carbocycles. The molecule has 2 aromatic rings. The van der Waals surface area contributed by atoms with Gasteiger partial charge in [-0.15, -0.1) is 0 Å². The highest BCUT2D eigenvalue weighted by Crippen LogP contribution is 2.09. The minimum Gasteiger partial charge on any atom is -0.390 e. The van der Waals surface area contributed by atoms with Gasteiger partial charge in [0, 0.05) is 10.8 Å². The van der Waals surface area contributed by atoms with Crippen LogP contribution >= 0.6 is 0 Å². The van der Waals surface area contributed by atoms with Crippen LogP contribution in [0, 0.1) is 15.9 Å². The Morgan fingerprint density at radius 3 is 2.95 bits per heavy atom. The number of halogens is 1. The number of hydrogen-bond acceptors (Lipinski definition) is 5. The number of rotatable bonds is 4. The first kappa shape index (κ1) is 12.6. The number of nitrogens with zero attached hydrogens (tertiary/aromatic N) is 4. The van der Waals surface area contributed by atoms with Gasteiger partial charge in [0.1, 0.15) is 12.4 Å². The number of aromatic nitrogens is 3. The number of hydrogen-bond donors (Lipinski definition) is 1. The van der Waals surface area contributed by atoms with Crippen molar-refractivity contribution in [1.29, 1.82) is 0 Å². The monoisotopic (exact) mass is 265 g/mol. The fourth-order valence-electron chi connectivity index (χ4n) is 1.36. The third kappa shape index (κ3) is 3.31. The Bertz CT molecular complexity index is 627. The van der Waals surface area contributed by atoms with Gasteiger partial charge in [-0.05, 0) is 23.1 Å². The third-order valence-corrected chi connectivity index (χ3v) is 2.10. The van der Waals surface area contributed by atoms with Crippen LogP contribution < -0.4 is 5.32 Å². The van der Waals surface area contributed by atoms with Crippen molar-refractivity contribution in [1.82, 2.24) is 14.8 Å². The van der Waals surface area contributed by atoms with Gasteiger partial charge in [-0.1, -0.05) is 11.1 Å². The lowest BCUT2D eigenvalue weighted by atomic mass is 10.3. The molecule has 0 saturated carbocycles. The van der Waals surface area contributed by atoms with Crippen molar-refractivity contribution in [2.45, 2.75) is 6.54 Å². The Hall–Kier alpha value is -2.84.